The third-order valence-electron chi connectivity index (χ3n) is 1.83. The standard InChI is InChI=1S/C8H16O2/c1-3-9-6-8-5-4-7(2)10-8/h7-8H,3-6H2,1-2H3. The van der Waals surface area contributed by atoms with Crippen molar-refractivity contribution in [2.75, 3.05) is 13.2 Å². The molecule has 1 fully saturated rings. The zero-order chi connectivity index (χ0) is 7.40. The molecular formula is C8H16O2. The first-order valence-electron chi connectivity index (χ1n) is 4.06. The molecular weight excluding hydrogens is 128 g/mol. The maximum atomic E-state index is 5.54. The summed E-state index contributed by atoms with van der Waals surface area (Å²) in [5, 5.41) is 0. The van der Waals surface area contributed by atoms with Gasteiger partial charge in [-0.05, 0) is 26.7 Å². The van der Waals surface area contributed by atoms with Crippen molar-refractivity contribution in [2.45, 2.75) is 38.9 Å². The molecule has 1 rings (SSSR count). The molecule has 1 saturated heterocycles. The average Bonchev–Trinajstić information content (AvgIpc) is 2.31. The van der Waals surface area contributed by atoms with E-state index >= 15 is 0 Å². The van der Waals surface area contributed by atoms with Crippen LogP contribution in [0.1, 0.15) is 26.7 Å². The summed E-state index contributed by atoms with van der Waals surface area (Å²) in [4.78, 5) is 0. The lowest BCUT2D eigenvalue weighted by atomic mass is 10.2. The van der Waals surface area contributed by atoms with E-state index in [9.17, 15) is 0 Å². The lowest BCUT2D eigenvalue weighted by molar-refractivity contribution is -0.00600. The highest BCUT2D eigenvalue weighted by molar-refractivity contribution is 4.69. The summed E-state index contributed by atoms with van der Waals surface area (Å²) in [6.07, 6.45) is 3.18. The van der Waals surface area contributed by atoms with Crippen molar-refractivity contribution in [2.24, 2.45) is 0 Å². The maximum Gasteiger partial charge on any atom is 0.0813 e. The number of rotatable bonds is 3. The van der Waals surface area contributed by atoms with Gasteiger partial charge in [-0.2, -0.15) is 0 Å². The summed E-state index contributed by atoms with van der Waals surface area (Å²) < 4.78 is 10.8. The Kier molecular flexibility index (Phi) is 3.16. The molecule has 2 unspecified atom stereocenters. The summed E-state index contributed by atoms with van der Waals surface area (Å²) in [5.41, 5.74) is 0. The van der Waals surface area contributed by atoms with Crippen LogP contribution < -0.4 is 0 Å². The zero-order valence-electron chi connectivity index (χ0n) is 6.80. The van der Waals surface area contributed by atoms with E-state index in [1.54, 1.807) is 0 Å². The van der Waals surface area contributed by atoms with Gasteiger partial charge < -0.3 is 9.47 Å². The fourth-order valence-electron chi connectivity index (χ4n) is 1.26. The Morgan fingerprint density at radius 3 is 2.80 bits per heavy atom. The van der Waals surface area contributed by atoms with Gasteiger partial charge in [-0.1, -0.05) is 0 Å². The van der Waals surface area contributed by atoms with Crippen LogP contribution in [0.2, 0.25) is 0 Å². The number of hydrogen-bond acceptors (Lipinski definition) is 2. The van der Waals surface area contributed by atoms with Crippen molar-refractivity contribution in [3.63, 3.8) is 0 Å². The SMILES string of the molecule is CCOCC1CCC(C)O1. The molecule has 0 aromatic rings. The minimum absolute atomic E-state index is 0.370. The average molecular weight is 144 g/mol. The first-order chi connectivity index (χ1) is 4.83. The molecule has 0 saturated carbocycles. The highest BCUT2D eigenvalue weighted by atomic mass is 16.5. The van der Waals surface area contributed by atoms with Crippen LogP contribution in [0.3, 0.4) is 0 Å². The van der Waals surface area contributed by atoms with Gasteiger partial charge in [0, 0.05) is 6.61 Å². The minimum Gasteiger partial charge on any atom is -0.379 e. The van der Waals surface area contributed by atoms with Crippen LogP contribution >= 0.6 is 0 Å². The summed E-state index contributed by atoms with van der Waals surface area (Å²) in [6.45, 7) is 5.71. The molecule has 0 N–H and O–H groups in total. The Labute approximate surface area is 62.5 Å². The lowest BCUT2D eigenvalue weighted by Gasteiger charge is -2.09. The van der Waals surface area contributed by atoms with Gasteiger partial charge in [-0.25, -0.2) is 0 Å². The van der Waals surface area contributed by atoms with Crippen molar-refractivity contribution in [1.29, 1.82) is 0 Å². The van der Waals surface area contributed by atoms with Crippen molar-refractivity contribution in [3.05, 3.63) is 0 Å². The normalized spacial score (nSPS) is 33.0. The second-order valence-electron chi connectivity index (χ2n) is 2.81. The molecule has 0 bridgehead atoms. The predicted molar refractivity (Wildman–Crippen MR) is 40.1 cm³/mol. The van der Waals surface area contributed by atoms with Gasteiger partial charge in [0.1, 0.15) is 0 Å². The van der Waals surface area contributed by atoms with Crippen LogP contribution in [0.25, 0.3) is 0 Å². The highest BCUT2D eigenvalue weighted by Gasteiger charge is 2.21. The lowest BCUT2D eigenvalue weighted by Crippen LogP contribution is -2.15. The third-order valence-corrected chi connectivity index (χ3v) is 1.83. The summed E-state index contributed by atoms with van der Waals surface area (Å²) in [5.74, 6) is 0. The van der Waals surface area contributed by atoms with Gasteiger partial charge in [0.2, 0.25) is 0 Å². The molecule has 1 aliphatic rings. The third kappa shape index (κ3) is 2.27. The largest absolute Gasteiger partial charge is 0.379 e. The second kappa shape index (κ2) is 3.94. The van der Waals surface area contributed by atoms with Gasteiger partial charge in [0.15, 0.2) is 0 Å². The van der Waals surface area contributed by atoms with E-state index in [-0.39, 0.29) is 0 Å². The Bertz CT molecular complexity index is 93.3. The van der Waals surface area contributed by atoms with E-state index in [0.717, 1.165) is 13.2 Å². The molecule has 60 valence electrons. The fraction of sp³-hybridized carbons (Fsp3) is 1.00. The topological polar surface area (TPSA) is 18.5 Å². The molecule has 1 heterocycles. The van der Waals surface area contributed by atoms with Crippen LogP contribution in [-0.4, -0.2) is 25.4 Å². The van der Waals surface area contributed by atoms with Crippen molar-refractivity contribution in [3.8, 4) is 0 Å². The van der Waals surface area contributed by atoms with Crippen molar-refractivity contribution < 1.29 is 9.47 Å². The Morgan fingerprint density at radius 2 is 2.30 bits per heavy atom. The smallest absolute Gasteiger partial charge is 0.0813 e. The zero-order valence-corrected chi connectivity index (χ0v) is 6.80. The Balaban J connectivity index is 2.06. The Hall–Kier alpha value is -0.0800. The van der Waals surface area contributed by atoms with Crippen LogP contribution in [0.15, 0.2) is 0 Å². The molecule has 0 spiro atoms. The van der Waals surface area contributed by atoms with Crippen LogP contribution in [0.4, 0.5) is 0 Å². The monoisotopic (exact) mass is 144 g/mol. The van der Waals surface area contributed by atoms with E-state index in [1.807, 2.05) is 6.92 Å². The van der Waals surface area contributed by atoms with Crippen LogP contribution in [0, 0.1) is 0 Å². The van der Waals surface area contributed by atoms with Gasteiger partial charge >= 0.3 is 0 Å². The number of ether oxygens (including phenoxy) is 2. The molecule has 1 aliphatic heterocycles. The molecule has 10 heavy (non-hydrogen) atoms. The van der Waals surface area contributed by atoms with Gasteiger partial charge in [-0.15, -0.1) is 0 Å². The Morgan fingerprint density at radius 1 is 1.50 bits per heavy atom. The first-order valence-corrected chi connectivity index (χ1v) is 4.06. The van der Waals surface area contributed by atoms with Gasteiger partial charge in [0.05, 0.1) is 18.8 Å². The van der Waals surface area contributed by atoms with Gasteiger partial charge in [0.25, 0.3) is 0 Å². The van der Waals surface area contributed by atoms with E-state index in [2.05, 4.69) is 6.92 Å². The molecule has 2 nitrogen and oxygen atoms in total. The maximum absolute atomic E-state index is 5.54. The second-order valence-corrected chi connectivity index (χ2v) is 2.81. The minimum atomic E-state index is 0.370. The highest BCUT2D eigenvalue weighted by Crippen LogP contribution is 2.18. The van der Waals surface area contributed by atoms with E-state index < -0.39 is 0 Å². The van der Waals surface area contributed by atoms with Crippen LogP contribution in [-0.2, 0) is 9.47 Å². The molecule has 2 atom stereocenters. The summed E-state index contributed by atoms with van der Waals surface area (Å²) in [6, 6.07) is 0. The summed E-state index contributed by atoms with van der Waals surface area (Å²) in [7, 11) is 0. The van der Waals surface area contributed by atoms with Crippen molar-refractivity contribution in [1.82, 2.24) is 0 Å². The van der Waals surface area contributed by atoms with E-state index in [4.69, 9.17) is 9.47 Å². The van der Waals surface area contributed by atoms with Gasteiger partial charge in [-0.3, -0.25) is 0 Å². The summed E-state index contributed by atoms with van der Waals surface area (Å²) >= 11 is 0. The van der Waals surface area contributed by atoms with E-state index in [0.29, 0.717) is 12.2 Å². The molecule has 0 aliphatic carbocycles. The van der Waals surface area contributed by atoms with Crippen molar-refractivity contribution >= 4 is 0 Å². The quantitative estimate of drug-likeness (QED) is 0.599. The predicted octanol–water partition coefficient (Wildman–Crippen LogP) is 1.59. The number of hydrogen-bond donors (Lipinski definition) is 0. The molecule has 2 heteroatoms. The molecule has 0 amide bonds. The first kappa shape index (κ1) is 8.02. The fourth-order valence-corrected chi connectivity index (χ4v) is 1.26. The molecule has 0 radical (unpaired) electrons. The van der Waals surface area contributed by atoms with Crippen LogP contribution in [0.5, 0.6) is 0 Å². The van der Waals surface area contributed by atoms with E-state index in [1.165, 1.54) is 12.8 Å². The molecule has 0 aromatic carbocycles. The molecule has 0 aromatic heterocycles.